The summed E-state index contributed by atoms with van der Waals surface area (Å²) in [5, 5.41) is 9.00. The second kappa shape index (κ2) is 11.0. The maximum absolute atomic E-state index is 12.8. The van der Waals surface area contributed by atoms with E-state index in [9.17, 15) is 14.4 Å². The fourth-order valence-electron chi connectivity index (χ4n) is 3.33. The van der Waals surface area contributed by atoms with Crippen LogP contribution in [0, 0.1) is 0 Å². The van der Waals surface area contributed by atoms with Crippen LogP contribution in [0.2, 0.25) is 0 Å². The van der Waals surface area contributed by atoms with Gasteiger partial charge in [-0.2, -0.15) is 9.97 Å². The van der Waals surface area contributed by atoms with Gasteiger partial charge in [0, 0.05) is 30.3 Å². The molecule has 0 amide bonds. The van der Waals surface area contributed by atoms with Gasteiger partial charge in [-0.15, -0.1) is 0 Å². The molecule has 0 aliphatic heterocycles. The van der Waals surface area contributed by atoms with Crippen LogP contribution in [0.1, 0.15) is 49.7 Å². The van der Waals surface area contributed by atoms with E-state index in [0.717, 1.165) is 11.8 Å². The molecule has 0 aliphatic rings. The number of esters is 1. The van der Waals surface area contributed by atoms with Crippen molar-refractivity contribution in [3.05, 3.63) is 53.4 Å². The zero-order valence-electron chi connectivity index (χ0n) is 21.1. The molecule has 0 radical (unpaired) electrons. The second-order valence-corrected chi connectivity index (χ2v) is 9.33. The van der Waals surface area contributed by atoms with Gasteiger partial charge in [-0.25, -0.2) is 14.8 Å². The Bertz CT molecular complexity index is 1360. The summed E-state index contributed by atoms with van der Waals surface area (Å²) in [6, 6.07) is 6.74. The SMILES string of the molecule is CN(Cc1cnc2nc(N)nc(N)c2n1)c1ccc(C(=O)/C=C(/CCC(=O)O)C(=O)OC(C)(C)C)cc1. The number of rotatable bonds is 9. The van der Waals surface area contributed by atoms with Crippen molar-refractivity contribution < 1.29 is 24.2 Å². The Hall–Kier alpha value is -4.61. The molecular formula is C25H29N7O5. The maximum atomic E-state index is 12.8. The lowest BCUT2D eigenvalue weighted by Gasteiger charge is -2.20. The number of carboxylic acids is 1. The van der Waals surface area contributed by atoms with Gasteiger partial charge < -0.3 is 26.2 Å². The largest absolute Gasteiger partial charge is 0.481 e. The van der Waals surface area contributed by atoms with E-state index in [1.54, 1.807) is 51.2 Å². The Morgan fingerprint density at radius 1 is 1.05 bits per heavy atom. The summed E-state index contributed by atoms with van der Waals surface area (Å²) in [5.74, 6) is -2.07. The van der Waals surface area contributed by atoms with E-state index in [0.29, 0.717) is 29.0 Å². The molecule has 3 aromatic rings. The van der Waals surface area contributed by atoms with Crippen LogP contribution in [0.5, 0.6) is 0 Å². The predicted octanol–water partition coefficient (Wildman–Crippen LogP) is 2.54. The lowest BCUT2D eigenvalue weighted by atomic mass is 10.0. The molecule has 0 atom stereocenters. The van der Waals surface area contributed by atoms with Crippen molar-refractivity contribution in [2.45, 2.75) is 45.8 Å². The average molecular weight is 508 g/mol. The molecule has 0 aliphatic carbocycles. The molecular weight excluding hydrogens is 478 g/mol. The van der Waals surface area contributed by atoms with Crippen molar-refractivity contribution in [1.29, 1.82) is 0 Å². The van der Waals surface area contributed by atoms with Crippen LogP contribution in [-0.2, 0) is 20.9 Å². The van der Waals surface area contributed by atoms with Crippen molar-refractivity contribution in [1.82, 2.24) is 19.9 Å². The van der Waals surface area contributed by atoms with Crippen molar-refractivity contribution in [3.63, 3.8) is 0 Å². The maximum Gasteiger partial charge on any atom is 0.334 e. The van der Waals surface area contributed by atoms with E-state index < -0.39 is 23.3 Å². The number of ketones is 1. The molecule has 194 valence electrons. The summed E-state index contributed by atoms with van der Waals surface area (Å²) < 4.78 is 5.32. The zero-order chi connectivity index (χ0) is 27.3. The summed E-state index contributed by atoms with van der Waals surface area (Å²) in [7, 11) is 1.85. The fraction of sp³-hybridized carbons (Fsp3) is 0.320. The normalized spacial score (nSPS) is 11.8. The number of nitrogens with two attached hydrogens (primary N) is 2. The second-order valence-electron chi connectivity index (χ2n) is 9.33. The molecule has 12 heteroatoms. The van der Waals surface area contributed by atoms with Gasteiger partial charge in [0.25, 0.3) is 0 Å². The van der Waals surface area contributed by atoms with Crippen LogP contribution in [-0.4, -0.2) is 55.4 Å². The molecule has 2 aromatic heterocycles. The van der Waals surface area contributed by atoms with Crippen molar-refractivity contribution in [3.8, 4) is 0 Å². The molecule has 0 saturated carbocycles. The predicted molar refractivity (Wildman–Crippen MR) is 138 cm³/mol. The molecule has 3 rings (SSSR count). The average Bonchev–Trinajstić information content (AvgIpc) is 2.80. The quantitative estimate of drug-likeness (QED) is 0.218. The van der Waals surface area contributed by atoms with Crippen LogP contribution in [0.4, 0.5) is 17.5 Å². The molecule has 0 unspecified atom stereocenters. The number of nitrogen functional groups attached to an aromatic ring is 2. The number of ether oxygens (including phenoxy) is 1. The Balaban J connectivity index is 1.75. The molecule has 0 spiro atoms. The third-order valence-corrected chi connectivity index (χ3v) is 5.07. The lowest BCUT2D eigenvalue weighted by Crippen LogP contribution is -2.25. The summed E-state index contributed by atoms with van der Waals surface area (Å²) in [5.41, 5.74) is 13.1. The molecule has 0 fully saturated rings. The number of anilines is 3. The number of nitrogens with zero attached hydrogens (tertiary/aromatic N) is 5. The molecule has 2 heterocycles. The van der Waals surface area contributed by atoms with E-state index in [1.165, 1.54) is 0 Å². The van der Waals surface area contributed by atoms with Gasteiger partial charge in [-0.1, -0.05) is 0 Å². The minimum atomic E-state index is -1.08. The smallest absolute Gasteiger partial charge is 0.334 e. The Labute approximate surface area is 213 Å². The first-order chi connectivity index (χ1) is 17.3. The molecule has 12 nitrogen and oxygen atoms in total. The minimum Gasteiger partial charge on any atom is -0.481 e. The first-order valence-corrected chi connectivity index (χ1v) is 11.4. The standard InChI is InChI=1S/C25H29N7O5/c1-25(2,3)37-23(36)15(7-10-19(34)35)11-18(33)14-5-8-17(9-6-14)32(4)13-16-12-28-22-20(29-16)21(26)30-24(27)31-22/h5-6,8-9,11-12H,7,10,13H2,1-4H3,(H,34,35)(H4,26,27,28,30,31)/b15-11-. The number of benzene rings is 1. The minimum absolute atomic E-state index is 0.00315. The third kappa shape index (κ3) is 7.43. The first kappa shape index (κ1) is 27.0. The number of carboxylic acid groups (broad SMARTS) is 1. The van der Waals surface area contributed by atoms with Gasteiger partial charge in [0.1, 0.15) is 5.60 Å². The van der Waals surface area contributed by atoms with E-state index in [-0.39, 0.29) is 30.2 Å². The number of fused-ring (bicyclic) bond motifs is 1. The highest BCUT2D eigenvalue weighted by atomic mass is 16.6. The summed E-state index contributed by atoms with van der Waals surface area (Å²) >= 11 is 0. The Morgan fingerprint density at radius 3 is 2.35 bits per heavy atom. The zero-order valence-corrected chi connectivity index (χ0v) is 21.1. The first-order valence-electron chi connectivity index (χ1n) is 11.4. The molecule has 5 N–H and O–H groups in total. The van der Waals surface area contributed by atoms with Crippen LogP contribution in [0.25, 0.3) is 11.2 Å². The van der Waals surface area contributed by atoms with Crippen LogP contribution >= 0.6 is 0 Å². The number of hydrogen-bond acceptors (Lipinski definition) is 11. The van der Waals surface area contributed by atoms with E-state index in [2.05, 4.69) is 19.9 Å². The molecule has 1 aromatic carbocycles. The van der Waals surface area contributed by atoms with E-state index >= 15 is 0 Å². The number of hydrogen-bond donors (Lipinski definition) is 3. The lowest BCUT2D eigenvalue weighted by molar-refractivity contribution is -0.150. The summed E-state index contributed by atoms with van der Waals surface area (Å²) in [4.78, 5) is 54.9. The molecule has 37 heavy (non-hydrogen) atoms. The van der Waals surface area contributed by atoms with E-state index in [1.807, 2.05) is 11.9 Å². The van der Waals surface area contributed by atoms with Crippen molar-refractivity contribution in [2.24, 2.45) is 0 Å². The number of aliphatic carboxylic acids is 1. The van der Waals surface area contributed by atoms with Crippen molar-refractivity contribution in [2.75, 3.05) is 23.4 Å². The summed E-state index contributed by atoms with van der Waals surface area (Å²) in [6.45, 7) is 5.47. The summed E-state index contributed by atoms with van der Waals surface area (Å²) in [6.07, 6.45) is 2.29. The van der Waals surface area contributed by atoms with E-state index in [4.69, 9.17) is 21.3 Å². The van der Waals surface area contributed by atoms with Gasteiger partial charge in [0.05, 0.1) is 18.4 Å². The van der Waals surface area contributed by atoms with Gasteiger partial charge in [-0.3, -0.25) is 9.59 Å². The van der Waals surface area contributed by atoms with Crippen LogP contribution < -0.4 is 16.4 Å². The monoisotopic (exact) mass is 507 g/mol. The van der Waals surface area contributed by atoms with Gasteiger partial charge >= 0.3 is 11.9 Å². The molecule has 0 saturated heterocycles. The van der Waals surface area contributed by atoms with Gasteiger partial charge in [0.2, 0.25) is 5.95 Å². The number of aromatic nitrogens is 4. The highest BCUT2D eigenvalue weighted by Crippen LogP contribution is 2.20. The highest BCUT2D eigenvalue weighted by molar-refractivity contribution is 6.09. The van der Waals surface area contributed by atoms with Crippen LogP contribution in [0.3, 0.4) is 0 Å². The van der Waals surface area contributed by atoms with Crippen LogP contribution in [0.15, 0.2) is 42.1 Å². The van der Waals surface area contributed by atoms with Gasteiger partial charge in [0.15, 0.2) is 22.8 Å². The molecule has 0 bridgehead atoms. The highest BCUT2D eigenvalue weighted by Gasteiger charge is 2.21. The van der Waals surface area contributed by atoms with Gasteiger partial charge in [-0.05, 0) is 57.5 Å². The number of carbonyl (C=O) groups excluding carboxylic acids is 2. The number of allylic oxidation sites excluding steroid dienone is 1. The third-order valence-electron chi connectivity index (χ3n) is 5.07. The fourth-order valence-corrected chi connectivity index (χ4v) is 3.33. The van der Waals surface area contributed by atoms with Crippen molar-refractivity contribution >= 4 is 46.3 Å². The number of carbonyl (C=O) groups is 3. The topological polar surface area (TPSA) is 188 Å². The Kier molecular flexibility index (Phi) is 8.01. The Morgan fingerprint density at radius 2 is 1.73 bits per heavy atom.